The van der Waals surface area contributed by atoms with Crippen LogP contribution in [0.1, 0.15) is 0 Å². The quantitative estimate of drug-likeness (QED) is 0.292. The van der Waals surface area contributed by atoms with Gasteiger partial charge in [-0.15, -0.1) is 6.58 Å². The summed E-state index contributed by atoms with van der Waals surface area (Å²) in [5, 5.41) is 4.37. The Hall–Kier alpha value is -1.65. The Morgan fingerprint density at radius 2 is 2.08 bits per heavy atom. The summed E-state index contributed by atoms with van der Waals surface area (Å²) in [4.78, 5) is 31.2. The van der Waals surface area contributed by atoms with E-state index in [1.165, 1.54) is 6.08 Å². The Morgan fingerprint density at radius 1 is 1.42 bits per heavy atom. The van der Waals surface area contributed by atoms with Gasteiger partial charge in [0.15, 0.2) is 0 Å². The van der Waals surface area contributed by atoms with Crippen molar-refractivity contribution in [3.8, 4) is 0 Å². The minimum absolute atomic E-state index is 0.242. The molecule has 5 heteroatoms. The van der Waals surface area contributed by atoms with Crippen LogP contribution < -0.4 is 10.6 Å². The van der Waals surface area contributed by atoms with Crippen LogP contribution in [0.15, 0.2) is 12.7 Å². The predicted molar refractivity (Wildman–Crippen MR) is 42.3 cm³/mol. The van der Waals surface area contributed by atoms with Gasteiger partial charge in [0.05, 0.1) is 6.54 Å². The number of hydrogen-bond donors (Lipinski definition) is 2. The van der Waals surface area contributed by atoms with Crippen molar-refractivity contribution in [1.82, 2.24) is 10.6 Å². The van der Waals surface area contributed by atoms with Crippen molar-refractivity contribution in [2.24, 2.45) is 0 Å². The number of carbonyl (C=O) groups excluding carboxylic acids is 3. The highest BCUT2D eigenvalue weighted by Gasteiger charge is 2.10. The van der Waals surface area contributed by atoms with Gasteiger partial charge >= 0.3 is 0 Å². The van der Waals surface area contributed by atoms with Gasteiger partial charge in [-0.25, -0.2) is 0 Å². The highest BCUT2D eigenvalue weighted by molar-refractivity contribution is 6.37. The molecular weight excluding hydrogens is 160 g/mol. The van der Waals surface area contributed by atoms with Crippen LogP contribution in [0.4, 0.5) is 0 Å². The third-order valence-electron chi connectivity index (χ3n) is 1.01. The van der Waals surface area contributed by atoms with E-state index in [2.05, 4.69) is 17.2 Å². The zero-order valence-electron chi connectivity index (χ0n) is 6.50. The number of ketones is 1. The van der Waals surface area contributed by atoms with Crippen LogP contribution >= 0.6 is 0 Å². The third kappa shape index (κ3) is 4.21. The molecule has 2 N–H and O–H groups in total. The van der Waals surface area contributed by atoms with E-state index in [0.29, 0.717) is 6.41 Å². The second-order valence-corrected chi connectivity index (χ2v) is 1.92. The van der Waals surface area contributed by atoms with Crippen molar-refractivity contribution in [1.29, 1.82) is 0 Å². The van der Waals surface area contributed by atoms with E-state index in [0.717, 1.165) is 0 Å². The summed E-state index contributed by atoms with van der Waals surface area (Å²) < 4.78 is 0. The van der Waals surface area contributed by atoms with Crippen LogP contribution in [0.25, 0.3) is 0 Å². The van der Waals surface area contributed by atoms with Crippen molar-refractivity contribution < 1.29 is 14.4 Å². The molecule has 0 fully saturated rings. The average Bonchev–Trinajstić information content (AvgIpc) is 2.10. The molecule has 0 aliphatic rings. The minimum atomic E-state index is -0.718. The molecule has 0 atom stereocenters. The van der Waals surface area contributed by atoms with Crippen molar-refractivity contribution in [3.05, 3.63) is 12.7 Å². The SMILES string of the molecule is C=CCNC(=O)C(=O)CNC=O. The lowest BCUT2D eigenvalue weighted by atomic mass is 10.3. The van der Waals surface area contributed by atoms with Crippen LogP contribution in [0, 0.1) is 0 Å². The fourth-order valence-corrected chi connectivity index (χ4v) is 0.478. The van der Waals surface area contributed by atoms with E-state index in [-0.39, 0.29) is 13.1 Å². The maximum absolute atomic E-state index is 10.7. The molecule has 0 aromatic carbocycles. The van der Waals surface area contributed by atoms with E-state index in [1.54, 1.807) is 0 Å². The lowest BCUT2D eigenvalue weighted by Crippen LogP contribution is -2.36. The summed E-state index contributed by atoms with van der Waals surface area (Å²) >= 11 is 0. The predicted octanol–water partition coefficient (Wildman–Crippen LogP) is -1.40. The van der Waals surface area contributed by atoms with Gasteiger partial charge < -0.3 is 10.6 Å². The molecule has 0 aromatic heterocycles. The normalized spacial score (nSPS) is 8.33. The first-order chi connectivity index (χ1) is 5.72. The first-order valence-corrected chi connectivity index (χ1v) is 3.31. The molecule has 12 heavy (non-hydrogen) atoms. The smallest absolute Gasteiger partial charge is 0.289 e. The summed E-state index contributed by atoms with van der Waals surface area (Å²) in [5.41, 5.74) is 0. The fourth-order valence-electron chi connectivity index (χ4n) is 0.478. The molecule has 0 saturated carbocycles. The lowest BCUT2D eigenvalue weighted by molar-refractivity contribution is -0.137. The van der Waals surface area contributed by atoms with Crippen LogP contribution in [0.3, 0.4) is 0 Å². The Bertz CT molecular complexity index is 179. The highest BCUT2D eigenvalue weighted by atomic mass is 16.2. The average molecular weight is 170 g/mol. The second kappa shape index (κ2) is 6.09. The van der Waals surface area contributed by atoms with E-state index >= 15 is 0 Å². The number of hydrogen-bond acceptors (Lipinski definition) is 3. The number of Topliss-reactive ketones (excluding diaryl/α,β-unsaturated/α-hetero) is 1. The van der Waals surface area contributed by atoms with E-state index in [9.17, 15) is 14.4 Å². The zero-order chi connectivity index (χ0) is 9.40. The number of nitrogens with one attached hydrogen (secondary N) is 2. The molecule has 0 unspecified atom stereocenters. The molecule has 0 radical (unpaired) electrons. The minimum Gasteiger partial charge on any atom is -0.351 e. The van der Waals surface area contributed by atoms with Gasteiger partial charge in [0, 0.05) is 6.54 Å². The monoisotopic (exact) mass is 170 g/mol. The molecule has 5 nitrogen and oxygen atoms in total. The molecule has 0 saturated heterocycles. The zero-order valence-corrected chi connectivity index (χ0v) is 6.50. The van der Waals surface area contributed by atoms with E-state index < -0.39 is 11.7 Å². The van der Waals surface area contributed by atoms with Crippen molar-refractivity contribution in [3.63, 3.8) is 0 Å². The molecule has 0 aromatic rings. The van der Waals surface area contributed by atoms with Gasteiger partial charge in [0.2, 0.25) is 12.2 Å². The van der Waals surface area contributed by atoms with Gasteiger partial charge in [0.25, 0.3) is 5.91 Å². The number of amides is 2. The molecule has 66 valence electrons. The number of carbonyl (C=O) groups is 3. The number of rotatable bonds is 6. The lowest BCUT2D eigenvalue weighted by Gasteiger charge is -1.99. The molecular formula is C7H10N2O3. The van der Waals surface area contributed by atoms with Crippen molar-refractivity contribution >= 4 is 18.1 Å². The highest BCUT2D eigenvalue weighted by Crippen LogP contribution is 1.70. The van der Waals surface area contributed by atoms with Crippen molar-refractivity contribution in [2.45, 2.75) is 0 Å². The van der Waals surface area contributed by atoms with Crippen LogP contribution in [-0.4, -0.2) is 31.2 Å². The second-order valence-electron chi connectivity index (χ2n) is 1.92. The maximum Gasteiger partial charge on any atom is 0.289 e. The molecule has 0 aliphatic heterocycles. The molecule has 0 heterocycles. The first-order valence-electron chi connectivity index (χ1n) is 3.31. The molecule has 0 aliphatic carbocycles. The summed E-state index contributed by atoms with van der Waals surface area (Å²) in [6.45, 7) is 3.33. The van der Waals surface area contributed by atoms with Crippen molar-refractivity contribution in [2.75, 3.05) is 13.1 Å². The summed E-state index contributed by atoms with van der Waals surface area (Å²) in [6, 6.07) is 0. The Morgan fingerprint density at radius 3 is 2.58 bits per heavy atom. The van der Waals surface area contributed by atoms with Gasteiger partial charge in [0.1, 0.15) is 0 Å². The van der Waals surface area contributed by atoms with Crippen LogP contribution in [-0.2, 0) is 14.4 Å². The Balaban J connectivity index is 3.68. The van der Waals surface area contributed by atoms with E-state index in [4.69, 9.17) is 0 Å². The standard InChI is InChI=1S/C7H10N2O3/c1-2-3-9-7(12)6(11)4-8-5-10/h2,5H,1,3-4H2,(H,8,10)(H,9,12). The largest absolute Gasteiger partial charge is 0.351 e. The summed E-state index contributed by atoms with van der Waals surface area (Å²) in [7, 11) is 0. The van der Waals surface area contributed by atoms with Crippen LogP contribution in [0.5, 0.6) is 0 Å². The van der Waals surface area contributed by atoms with Gasteiger partial charge in [-0.1, -0.05) is 6.08 Å². The maximum atomic E-state index is 10.7. The first kappa shape index (κ1) is 10.3. The summed E-state index contributed by atoms with van der Waals surface area (Å²) in [6.07, 6.45) is 1.82. The van der Waals surface area contributed by atoms with Gasteiger partial charge in [-0.2, -0.15) is 0 Å². The third-order valence-corrected chi connectivity index (χ3v) is 1.01. The fraction of sp³-hybridized carbons (Fsp3) is 0.286. The van der Waals surface area contributed by atoms with Gasteiger partial charge in [-0.3, -0.25) is 14.4 Å². The molecule has 0 bridgehead atoms. The van der Waals surface area contributed by atoms with Gasteiger partial charge in [-0.05, 0) is 0 Å². The Labute approximate surface area is 69.8 Å². The summed E-state index contributed by atoms with van der Waals surface area (Å²) in [5.74, 6) is -1.40. The molecule has 0 spiro atoms. The molecule has 2 amide bonds. The van der Waals surface area contributed by atoms with E-state index in [1.807, 2.05) is 0 Å². The van der Waals surface area contributed by atoms with Crippen LogP contribution in [0.2, 0.25) is 0 Å². The Kier molecular flexibility index (Phi) is 5.25. The topological polar surface area (TPSA) is 75.3 Å². The molecule has 0 rings (SSSR count).